The Morgan fingerprint density at radius 1 is 1.14 bits per heavy atom. The highest BCUT2D eigenvalue weighted by atomic mass is 79.9. The van der Waals surface area contributed by atoms with Crippen molar-refractivity contribution in [3.8, 4) is 0 Å². The maximum absolute atomic E-state index is 13.3. The molecule has 0 atom stereocenters. The molecule has 112 valence electrons. The van der Waals surface area contributed by atoms with Crippen LogP contribution in [-0.4, -0.2) is 9.55 Å². The molecular formula is C17H15BrFN3. The van der Waals surface area contributed by atoms with E-state index in [1.54, 1.807) is 18.3 Å². The van der Waals surface area contributed by atoms with Crippen molar-refractivity contribution in [2.24, 2.45) is 0 Å². The molecule has 0 saturated heterocycles. The highest BCUT2D eigenvalue weighted by Gasteiger charge is 2.07. The smallest absolute Gasteiger partial charge is 0.137 e. The number of nitrogens with zero attached hydrogens (tertiary/aromatic N) is 2. The Balaban J connectivity index is 1.81. The molecule has 0 unspecified atom stereocenters. The minimum Gasteiger partial charge on any atom is -0.399 e. The minimum atomic E-state index is -0.255. The Bertz CT molecular complexity index is 798. The van der Waals surface area contributed by atoms with E-state index in [0.717, 1.165) is 22.6 Å². The first-order chi connectivity index (χ1) is 10.6. The van der Waals surface area contributed by atoms with Crippen LogP contribution in [0.25, 0.3) is 0 Å². The minimum absolute atomic E-state index is 0.255. The molecule has 1 aromatic heterocycles. The normalized spacial score (nSPS) is 10.8. The summed E-state index contributed by atoms with van der Waals surface area (Å²) in [6.45, 7) is 0.649. The molecular weight excluding hydrogens is 345 g/mol. The molecule has 0 spiro atoms. The van der Waals surface area contributed by atoms with E-state index in [4.69, 9.17) is 5.73 Å². The summed E-state index contributed by atoms with van der Waals surface area (Å²) in [5.41, 5.74) is 8.69. The summed E-state index contributed by atoms with van der Waals surface area (Å²) in [5.74, 6) is 0.695. The number of anilines is 1. The Labute approximate surface area is 136 Å². The molecule has 0 saturated carbocycles. The number of benzene rings is 2. The van der Waals surface area contributed by atoms with Crippen molar-refractivity contribution in [1.82, 2.24) is 9.55 Å². The fraction of sp³-hybridized carbons (Fsp3) is 0.118. The maximum Gasteiger partial charge on any atom is 0.137 e. The van der Waals surface area contributed by atoms with Gasteiger partial charge in [-0.15, -0.1) is 0 Å². The lowest BCUT2D eigenvalue weighted by molar-refractivity contribution is 0.619. The molecule has 0 amide bonds. The molecule has 0 aliphatic rings. The molecule has 0 bridgehead atoms. The van der Waals surface area contributed by atoms with Crippen molar-refractivity contribution in [3.63, 3.8) is 0 Å². The molecule has 5 heteroatoms. The Kier molecular flexibility index (Phi) is 4.24. The molecule has 2 N–H and O–H groups in total. The highest BCUT2D eigenvalue weighted by molar-refractivity contribution is 9.10. The quantitative estimate of drug-likeness (QED) is 0.715. The first-order valence-electron chi connectivity index (χ1n) is 6.90. The lowest BCUT2D eigenvalue weighted by atomic mass is 10.1. The van der Waals surface area contributed by atoms with Crippen LogP contribution in [0.4, 0.5) is 10.1 Å². The fourth-order valence-electron chi connectivity index (χ4n) is 2.37. The van der Waals surface area contributed by atoms with Crippen molar-refractivity contribution < 1.29 is 4.39 Å². The van der Waals surface area contributed by atoms with E-state index in [2.05, 4.69) is 25.5 Å². The van der Waals surface area contributed by atoms with Crippen molar-refractivity contribution in [1.29, 1.82) is 0 Å². The number of rotatable bonds is 4. The zero-order chi connectivity index (χ0) is 15.5. The lowest BCUT2D eigenvalue weighted by Crippen LogP contribution is -2.05. The molecule has 22 heavy (non-hydrogen) atoms. The third-order valence-corrected chi connectivity index (χ3v) is 4.06. The number of hydrogen-bond acceptors (Lipinski definition) is 2. The van der Waals surface area contributed by atoms with E-state index in [1.165, 1.54) is 6.07 Å². The van der Waals surface area contributed by atoms with Gasteiger partial charge < -0.3 is 10.3 Å². The van der Waals surface area contributed by atoms with E-state index >= 15 is 0 Å². The van der Waals surface area contributed by atoms with E-state index in [9.17, 15) is 4.39 Å². The zero-order valence-corrected chi connectivity index (χ0v) is 13.4. The summed E-state index contributed by atoms with van der Waals surface area (Å²) in [6, 6.07) is 12.8. The van der Waals surface area contributed by atoms with Crippen molar-refractivity contribution in [3.05, 3.63) is 82.1 Å². The zero-order valence-electron chi connectivity index (χ0n) is 11.8. The van der Waals surface area contributed by atoms with E-state index < -0.39 is 0 Å². The summed E-state index contributed by atoms with van der Waals surface area (Å²) in [6.07, 6.45) is 4.42. The van der Waals surface area contributed by atoms with Gasteiger partial charge in [0.05, 0.1) is 4.47 Å². The van der Waals surface area contributed by atoms with E-state index in [1.807, 2.05) is 30.5 Å². The van der Waals surface area contributed by atoms with Crippen molar-refractivity contribution in [2.75, 3.05) is 5.73 Å². The van der Waals surface area contributed by atoms with Gasteiger partial charge in [-0.2, -0.15) is 0 Å². The second kappa shape index (κ2) is 6.32. The summed E-state index contributed by atoms with van der Waals surface area (Å²) in [7, 11) is 0. The third-order valence-electron chi connectivity index (χ3n) is 3.45. The molecule has 3 nitrogen and oxygen atoms in total. The SMILES string of the molecule is Nc1cccc(Cc2nccn2Cc2ccc(F)c(Br)c2)c1. The van der Waals surface area contributed by atoms with E-state index in [-0.39, 0.29) is 5.82 Å². The monoisotopic (exact) mass is 359 g/mol. The van der Waals surface area contributed by atoms with Crippen LogP contribution in [-0.2, 0) is 13.0 Å². The second-order valence-corrected chi connectivity index (χ2v) is 6.00. The Hall–Kier alpha value is -2.14. The summed E-state index contributed by atoms with van der Waals surface area (Å²) < 4.78 is 15.8. The van der Waals surface area contributed by atoms with Gasteiger partial charge in [-0.05, 0) is 51.3 Å². The van der Waals surface area contributed by atoms with Gasteiger partial charge in [0.25, 0.3) is 0 Å². The van der Waals surface area contributed by atoms with Crippen molar-refractivity contribution >= 4 is 21.6 Å². The molecule has 3 rings (SSSR count). The molecule has 0 fully saturated rings. The summed E-state index contributed by atoms with van der Waals surface area (Å²) in [4.78, 5) is 4.41. The van der Waals surface area contributed by atoms with Crippen LogP contribution >= 0.6 is 15.9 Å². The first-order valence-corrected chi connectivity index (χ1v) is 7.69. The number of halogens is 2. The summed E-state index contributed by atoms with van der Waals surface area (Å²) in [5, 5.41) is 0. The fourth-order valence-corrected chi connectivity index (χ4v) is 2.80. The maximum atomic E-state index is 13.3. The van der Waals surface area contributed by atoms with Gasteiger partial charge >= 0.3 is 0 Å². The Morgan fingerprint density at radius 3 is 2.77 bits per heavy atom. The summed E-state index contributed by atoms with van der Waals surface area (Å²) >= 11 is 3.22. The number of imidazole rings is 1. The Morgan fingerprint density at radius 2 is 2.00 bits per heavy atom. The molecule has 0 radical (unpaired) electrons. The van der Waals surface area contributed by atoms with Gasteiger partial charge in [0, 0.05) is 31.0 Å². The highest BCUT2D eigenvalue weighted by Crippen LogP contribution is 2.18. The second-order valence-electron chi connectivity index (χ2n) is 5.14. The van der Waals surface area contributed by atoms with Crippen LogP contribution in [0, 0.1) is 5.82 Å². The van der Waals surface area contributed by atoms with Gasteiger partial charge in [-0.1, -0.05) is 18.2 Å². The largest absolute Gasteiger partial charge is 0.399 e. The third kappa shape index (κ3) is 3.36. The standard InChI is InChI=1S/C17H15BrFN3/c18-15-9-13(4-5-16(15)19)11-22-7-6-21-17(22)10-12-2-1-3-14(20)8-12/h1-9H,10-11,20H2. The van der Waals surface area contributed by atoms with Crippen LogP contribution in [0.2, 0.25) is 0 Å². The van der Waals surface area contributed by atoms with Gasteiger partial charge in [0.15, 0.2) is 0 Å². The van der Waals surface area contributed by atoms with Crippen LogP contribution in [0.1, 0.15) is 17.0 Å². The molecule has 0 aliphatic carbocycles. The average Bonchev–Trinajstić information content (AvgIpc) is 2.90. The first kappa shape index (κ1) is 14.8. The number of hydrogen-bond donors (Lipinski definition) is 1. The topological polar surface area (TPSA) is 43.8 Å². The molecule has 3 aromatic rings. The van der Waals surface area contributed by atoms with E-state index in [0.29, 0.717) is 17.4 Å². The van der Waals surface area contributed by atoms with Gasteiger partial charge in [-0.25, -0.2) is 9.37 Å². The average molecular weight is 360 g/mol. The van der Waals surface area contributed by atoms with Crippen LogP contribution in [0.15, 0.2) is 59.3 Å². The van der Waals surface area contributed by atoms with Gasteiger partial charge in [-0.3, -0.25) is 0 Å². The predicted octanol–water partition coefficient (Wildman–Crippen LogP) is 4.01. The number of aromatic nitrogens is 2. The van der Waals surface area contributed by atoms with Gasteiger partial charge in [0.1, 0.15) is 11.6 Å². The van der Waals surface area contributed by atoms with Crippen molar-refractivity contribution in [2.45, 2.75) is 13.0 Å². The van der Waals surface area contributed by atoms with Gasteiger partial charge in [0.2, 0.25) is 0 Å². The molecule has 2 aromatic carbocycles. The van der Waals surface area contributed by atoms with Crippen LogP contribution in [0.5, 0.6) is 0 Å². The molecule has 1 heterocycles. The predicted molar refractivity (Wildman–Crippen MR) is 89.1 cm³/mol. The lowest BCUT2D eigenvalue weighted by Gasteiger charge is -2.09. The number of nitrogens with two attached hydrogens (primary N) is 1. The van der Waals surface area contributed by atoms with Crippen LogP contribution < -0.4 is 5.73 Å². The number of nitrogen functional groups attached to an aromatic ring is 1. The molecule has 0 aliphatic heterocycles. The van der Waals surface area contributed by atoms with Crippen LogP contribution in [0.3, 0.4) is 0 Å².